The number of rotatable bonds is 2. The number of pyridine rings is 1. The summed E-state index contributed by atoms with van der Waals surface area (Å²) in [5.74, 6) is 1.89. The molecule has 2 aliphatic carbocycles. The molecule has 1 amide bonds. The molecule has 3 atom stereocenters. The van der Waals surface area contributed by atoms with Crippen molar-refractivity contribution in [2.24, 2.45) is 17.8 Å². The van der Waals surface area contributed by atoms with Gasteiger partial charge in [-0.3, -0.25) is 4.79 Å². The number of fused-ring (bicyclic) bond motifs is 1. The summed E-state index contributed by atoms with van der Waals surface area (Å²) >= 11 is 5.99. The Kier molecular flexibility index (Phi) is 4.25. The maximum atomic E-state index is 12.4. The molecule has 3 rings (SSSR count). The number of carbonyl (C=O) groups excluding carboxylic acids is 1. The SMILES string of the molecule is O=C(Nc1cccnc1Cl)C1CCC2CCCCC2C1. The normalized spacial score (nSPS) is 29.6. The van der Waals surface area contributed by atoms with E-state index >= 15 is 0 Å². The highest BCUT2D eigenvalue weighted by atomic mass is 35.5. The number of hydrogen-bond donors (Lipinski definition) is 1. The van der Waals surface area contributed by atoms with E-state index in [0.717, 1.165) is 24.7 Å². The van der Waals surface area contributed by atoms with Crippen LogP contribution in [-0.4, -0.2) is 10.9 Å². The molecular formula is C16H21ClN2O. The largest absolute Gasteiger partial charge is 0.323 e. The first-order valence-corrected chi connectivity index (χ1v) is 8.03. The first kappa shape index (κ1) is 13.9. The minimum atomic E-state index is 0.115. The second kappa shape index (κ2) is 6.13. The maximum absolute atomic E-state index is 12.4. The van der Waals surface area contributed by atoms with Gasteiger partial charge in [0.1, 0.15) is 0 Å². The molecule has 0 aliphatic heterocycles. The molecule has 2 fully saturated rings. The topological polar surface area (TPSA) is 42.0 Å². The Hall–Kier alpha value is -1.09. The van der Waals surface area contributed by atoms with E-state index in [4.69, 9.17) is 11.6 Å². The van der Waals surface area contributed by atoms with Crippen LogP contribution in [0.15, 0.2) is 18.3 Å². The number of halogens is 1. The molecule has 3 unspecified atom stereocenters. The van der Waals surface area contributed by atoms with Gasteiger partial charge in [-0.2, -0.15) is 0 Å². The molecular weight excluding hydrogens is 272 g/mol. The van der Waals surface area contributed by atoms with Crippen LogP contribution in [0.4, 0.5) is 5.69 Å². The van der Waals surface area contributed by atoms with Crippen LogP contribution in [0.5, 0.6) is 0 Å². The van der Waals surface area contributed by atoms with Gasteiger partial charge in [-0.05, 0) is 43.2 Å². The second-order valence-corrected chi connectivity index (χ2v) is 6.50. The third-order valence-electron chi connectivity index (χ3n) is 4.93. The van der Waals surface area contributed by atoms with Crippen molar-refractivity contribution in [3.63, 3.8) is 0 Å². The van der Waals surface area contributed by atoms with E-state index in [9.17, 15) is 4.79 Å². The van der Waals surface area contributed by atoms with E-state index in [2.05, 4.69) is 10.3 Å². The number of anilines is 1. The van der Waals surface area contributed by atoms with Gasteiger partial charge in [0.15, 0.2) is 5.15 Å². The molecule has 20 heavy (non-hydrogen) atoms. The van der Waals surface area contributed by atoms with Gasteiger partial charge < -0.3 is 5.32 Å². The van der Waals surface area contributed by atoms with Crippen LogP contribution in [0.2, 0.25) is 5.15 Å². The molecule has 2 aliphatic rings. The predicted octanol–water partition coefficient (Wildman–Crippen LogP) is 4.28. The molecule has 4 heteroatoms. The van der Waals surface area contributed by atoms with Crippen LogP contribution in [-0.2, 0) is 4.79 Å². The van der Waals surface area contributed by atoms with Gasteiger partial charge in [-0.25, -0.2) is 4.98 Å². The number of carbonyl (C=O) groups is 1. The number of nitrogens with zero attached hydrogens (tertiary/aromatic N) is 1. The van der Waals surface area contributed by atoms with Crippen molar-refractivity contribution in [2.45, 2.75) is 44.9 Å². The lowest BCUT2D eigenvalue weighted by Gasteiger charge is -2.38. The molecule has 3 nitrogen and oxygen atoms in total. The van der Waals surface area contributed by atoms with Crippen LogP contribution in [0.3, 0.4) is 0 Å². The standard InChI is InChI=1S/C16H21ClN2O/c17-15-14(6-3-9-18-15)19-16(20)13-8-7-11-4-1-2-5-12(11)10-13/h3,6,9,11-13H,1-2,4-5,7-8,10H2,(H,19,20). The Morgan fingerprint density at radius 3 is 2.80 bits per heavy atom. The molecule has 1 aromatic heterocycles. The van der Waals surface area contributed by atoms with Gasteiger partial charge in [-0.15, -0.1) is 0 Å². The molecule has 0 bridgehead atoms. The zero-order valence-electron chi connectivity index (χ0n) is 11.6. The summed E-state index contributed by atoms with van der Waals surface area (Å²) in [6.45, 7) is 0. The van der Waals surface area contributed by atoms with E-state index in [1.807, 2.05) is 0 Å². The quantitative estimate of drug-likeness (QED) is 0.827. The average molecular weight is 293 g/mol. The van der Waals surface area contributed by atoms with Crippen molar-refractivity contribution < 1.29 is 4.79 Å². The Balaban J connectivity index is 1.62. The summed E-state index contributed by atoms with van der Waals surface area (Å²) in [5, 5.41) is 3.31. The van der Waals surface area contributed by atoms with Crippen LogP contribution in [0.1, 0.15) is 44.9 Å². The highest BCUT2D eigenvalue weighted by Crippen LogP contribution is 2.43. The van der Waals surface area contributed by atoms with Crippen LogP contribution in [0.25, 0.3) is 0 Å². The maximum Gasteiger partial charge on any atom is 0.227 e. The molecule has 0 saturated heterocycles. The van der Waals surface area contributed by atoms with E-state index in [-0.39, 0.29) is 11.8 Å². The second-order valence-electron chi connectivity index (χ2n) is 6.15. The fourth-order valence-electron chi connectivity index (χ4n) is 3.83. The summed E-state index contributed by atoms with van der Waals surface area (Å²) in [4.78, 5) is 16.4. The molecule has 0 aromatic carbocycles. The smallest absolute Gasteiger partial charge is 0.227 e. The Morgan fingerprint density at radius 1 is 1.20 bits per heavy atom. The lowest BCUT2D eigenvalue weighted by atomic mass is 9.67. The predicted molar refractivity (Wildman–Crippen MR) is 80.7 cm³/mol. The van der Waals surface area contributed by atoms with Crippen LogP contribution < -0.4 is 5.32 Å². The number of aromatic nitrogens is 1. The third kappa shape index (κ3) is 2.98. The summed E-state index contributed by atoms with van der Waals surface area (Å²) < 4.78 is 0. The van der Waals surface area contributed by atoms with Crippen LogP contribution >= 0.6 is 11.6 Å². The Bertz CT molecular complexity index is 491. The minimum absolute atomic E-state index is 0.115. The van der Waals surface area contributed by atoms with Gasteiger partial charge in [-0.1, -0.05) is 37.3 Å². The molecule has 2 saturated carbocycles. The molecule has 1 N–H and O–H groups in total. The van der Waals surface area contributed by atoms with E-state index < -0.39 is 0 Å². The molecule has 1 heterocycles. The van der Waals surface area contributed by atoms with E-state index in [0.29, 0.717) is 10.8 Å². The van der Waals surface area contributed by atoms with Gasteiger partial charge in [0, 0.05) is 12.1 Å². The zero-order chi connectivity index (χ0) is 13.9. The molecule has 1 aromatic rings. The highest BCUT2D eigenvalue weighted by Gasteiger charge is 2.35. The Labute approximate surface area is 125 Å². The van der Waals surface area contributed by atoms with E-state index in [1.165, 1.54) is 32.1 Å². The van der Waals surface area contributed by atoms with Crippen molar-refractivity contribution in [3.8, 4) is 0 Å². The third-order valence-corrected chi connectivity index (χ3v) is 5.23. The summed E-state index contributed by atoms with van der Waals surface area (Å²) in [6.07, 6.45) is 10.3. The van der Waals surface area contributed by atoms with Crippen molar-refractivity contribution in [2.75, 3.05) is 5.32 Å². The summed E-state index contributed by atoms with van der Waals surface area (Å²) in [6, 6.07) is 3.60. The summed E-state index contributed by atoms with van der Waals surface area (Å²) in [7, 11) is 0. The van der Waals surface area contributed by atoms with Gasteiger partial charge in [0.05, 0.1) is 5.69 Å². The lowest BCUT2D eigenvalue weighted by Crippen LogP contribution is -2.33. The van der Waals surface area contributed by atoms with Crippen molar-refractivity contribution in [1.82, 2.24) is 4.98 Å². The van der Waals surface area contributed by atoms with Gasteiger partial charge >= 0.3 is 0 Å². The monoisotopic (exact) mass is 292 g/mol. The minimum Gasteiger partial charge on any atom is -0.323 e. The zero-order valence-corrected chi connectivity index (χ0v) is 12.4. The molecule has 0 spiro atoms. The lowest BCUT2D eigenvalue weighted by molar-refractivity contribution is -0.122. The summed E-state index contributed by atoms with van der Waals surface area (Å²) in [5.41, 5.74) is 0.630. The van der Waals surface area contributed by atoms with Gasteiger partial charge in [0.25, 0.3) is 0 Å². The fourth-order valence-corrected chi connectivity index (χ4v) is 3.99. The first-order valence-electron chi connectivity index (χ1n) is 7.65. The number of amides is 1. The van der Waals surface area contributed by atoms with Gasteiger partial charge in [0.2, 0.25) is 5.91 Å². The molecule has 108 valence electrons. The van der Waals surface area contributed by atoms with Crippen LogP contribution in [0, 0.1) is 17.8 Å². The van der Waals surface area contributed by atoms with Crippen molar-refractivity contribution in [1.29, 1.82) is 0 Å². The highest BCUT2D eigenvalue weighted by molar-refractivity contribution is 6.32. The molecule has 0 radical (unpaired) electrons. The number of nitrogens with one attached hydrogen (secondary N) is 1. The number of hydrogen-bond acceptors (Lipinski definition) is 2. The Morgan fingerprint density at radius 2 is 2.00 bits per heavy atom. The fraction of sp³-hybridized carbons (Fsp3) is 0.625. The average Bonchev–Trinajstić information content (AvgIpc) is 2.49. The first-order chi connectivity index (χ1) is 9.74. The van der Waals surface area contributed by atoms with Crippen molar-refractivity contribution in [3.05, 3.63) is 23.5 Å². The van der Waals surface area contributed by atoms with E-state index in [1.54, 1.807) is 18.3 Å². The van der Waals surface area contributed by atoms with Crippen molar-refractivity contribution >= 4 is 23.2 Å².